The van der Waals surface area contributed by atoms with Gasteiger partial charge < -0.3 is 4.74 Å². The first-order valence-electron chi connectivity index (χ1n) is 8.23. The van der Waals surface area contributed by atoms with Crippen molar-refractivity contribution in [1.82, 2.24) is 0 Å². The minimum Gasteiger partial charge on any atom is -0.463 e. The quantitative estimate of drug-likeness (QED) is 0.285. The van der Waals surface area contributed by atoms with Gasteiger partial charge in [-0.05, 0) is 66.7 Å². The molecule has 0 aliphatic carbocycles. The van der Waals surface area contributed by atoms with Crippen molar-refractivity contribution in [3.05, 3.63) is 47.1 Å². The van der Waals surface area contributed by atoms with E-state index in [2.05, 4.69) is 45.9 Å². The van der Waals surface area contributed by atoms with Crippen molar-refractivity contribution in [2.45, 2.75) is 66.7 Å². The molecular weight excluding hydrogens is 272 g/mol. The normalized spacial score (nSPS) is 12.6. The summed E-state index contributed by atoms with van der Waals surface area (Å²) in [5.41, 5.74) is 4.22. The number of carbonyl (C=O) groups excluding carboxylic acids is 1. The largest absolute Gasteiger partial charge is 0.463 e. The number of hydrogen-bond acceptors (Lipinski definition) is 2. The molecule has 0 aliphatic heterocycles. The molecule has 0 aromatic rings. The zero-order valence-electron chi connectivity index (χ0n) is 14.9. The molecule has 0 aliphatic rings. The molecule has 0 saturated carbocycles. The molecule has 2 nitrogen and oxygen atoms in total. The van der Waals surface area contributed by atoms with Crippen molar-refractivity contribution in [1.29, 1.82) is 0 Å². The molecule has 124 valence electrons. The van der Waals surface area contributed by atoms with Crippen molar-refractivity contribution < 1.29 is 9.53 Å². The van der Waals surface area contributed by atoms with Crippen LogP contribution in [-0.2, 0) is 9.53 Å². The van der Waals surface area contributed by atoms with Gasteiger partial charge in [0, 0.05) is 6.08 Å². The summed E-state index contributed by atoms with van der Waals surface area (Å²) < 4.78 is 4.83. The van der Waals surface area contributed by atoms with Crippen LogP contribution >= 0.6 is 0 Å². The standard InChI is InChI=1S/C20H32O2/c1-6-22-20(21)16-8-7-12-18(4)14-10-15-19(5)13-9-11-17(2)3/h8,11-12,15-16H,6-7,9-10,13-14H2,1-5H3. The van der Waals surface area contributed by atoms with E-state index in [1.807, 2.05) is 13.0 Å². The highest BCUT2D eigenvalue weighted by Gasteiger charge is 1.93. The van der Waals surface area contributed by atoms with Gasteiger partial charge in [0.1, 0.15) is 0 Å². The lowest BCUT2D eigenvalue weighted by Gasteiger charge is -2.01. The molecule has 0 rings (SSSR count). The van der Waals surface area contributed by atoms with Crippen LogP contribution in [0.3, 0.4) is 0 Å². The summed E-state index contributed by atoms with van der Waals surface area (Å²) in [6.07, 6.45) is 15.4. The maximum absolute atomic E-state index is 11.1. The summed E-state index contributed by atoms with van der Waals surface area (Å²) >= 11 is 0. The summed E-state index contributed by atoms with van der Waals surface area (Å²) in [5, 5.41) is 0. The predicted octanol–water partition coefficient (Wildman–Crippen LogP) is 5.92. The van der Waals surface area contributed by atoms with Crippen molar-refractivity contribution in [2.75, 3.05) is 6.61 Å². The number of esters is 1. The lowest BCUT2D eigenvalue weighted by molar-refractivity contribution is -0.137. The molecule has 0 bridgehead atoms. The van der Waals surface area contributed by atoms with Crippen LogP contribution in [-0.4, -0.2) is 12.6 Å². The Morgan fingerprint density at radius 3 is 2.09 bits per heavy atom. The number of rotatable bonds is 10. The smallest absolute Gasteiger partial charge is 0.330 e. The zero-order chi connectivity index (χ0) is 16.8. The third kappa shape index (κ3) is 13.4. The van der Waals surface area contributed by atoms with Crippen LogP contribution in [0.1, 0.15) is 66.7 Å². The summed E-state index contributed by atoms with van der Waals surface area (Å²) in [6.45, 7) is 10.9. The molecule has 0 radical (unpaired) electrons. The molecule has 0 spiro atoms. The molecule has 2 heteroatoms. The second-order valence-corrected chi connectivity index (χ2v) is 5.85. The Kier molecular flexibility index (Phi) is 12.2. The number of hydrogen-bond donors (Lipinski definition) is 0. The second kappa shape index (κ2) is 13.1. The van der Waals surface area contributed by atoms with Gasteiger partial charge in [-0.1, -0.05) is 41.0 Å². The van der Waals surface area contributed by atoms with Crippen molar-refractivity contribution >= 4 is 5.97 Å². The second-order valence-electron chi connectivity index (χ2n) is 5.85. The maximum Gasteiger partial charge on any atom is 0.330 e. The highest BCUT2D eigenvalue weighted by molar-refractivity contribution is 5.81. The Balaban J connectivity index is 3.96. The van der Waals surface area contributed by atoms with Gasteiger partial charge in [0.25, 0.3) is 0 Å². The van der Waals surface area contributed by atoms with E-state index in [9.17, 15) is 4.79 Å². The highest BCUT2D eigenvalue weighted by atomic mass is 16.5. The van der Waals surface area contributed by atoms with E-state index in [1.54, 1.807) is 0 Å². The summed E-state index contributed by atoms with van der Waals surface area (Å²) in [5.74, 6) is -0.261. The average molecular weight is 304 g/mol. The van der Waals surface area contributed by atoms with Gasteiger partial charge in [0.15, 0.2) is 0 Å². The van der Waals surface area contributed by atoms with E-state index < -0.39 is 0 Å². The van der Waals surface area contributed by atoms with Gasteiger partial charge >= 0.3 is 5.97 Å². The van der Waals surface area contributed by atoms with Crippen LogP contribution < -0.4 is 0 Å². The minimum absolute atomic E-state index is 0.261. The predicted molar refractivity (Wildman–Crippen MR) is 95.8 cm³/mol. The minimum atomic E-state index is -0.261. The molecule has 0 aromatic carbocycles. The first kappa shape index (κ1) is 20.4. The Morgan fingerprint density at radius 2 is 1.50 bits per heavy atom. The molecular formula is C20H32O2. The molecule has 0 amide bonds. The van der Waals surface area contributed by atoms with Crippen LogP contribution in [0.15, 0.2) is 47.1 Å². The van der Waals surface area contributed by atoms with Crippen LogP contribution in [0.25, 0.3) is 0 Å². The van der Waals surface area contributed by atoms with Crippen LogP contribution in [0.5, 0.6) is 0 Å². The van der Waals surface area contributed by atoms with E-state index in [0.717, 1.165) is 32.1 Å². The Hall–Kier alpha value is -1.57. The highest BCUT2D eigenvalue weighted by Crippen LogP contribution is 2.11. The maximum atomic E-state index is 11.1. The SMILES string of the molecule is CCOC(=O)C=CCC=C(C)CCC=C(C)CCC=C(C)C. The van der Waals surface area contributed by atoms with Crippen molar-refractivity contribution in [2.24, 2.45) is 0 Å². The van der Waals surface area contributed by atoms with Crippen molar-refractivity contribution in [3.63, 3.8) is 0 Å². The van der Waals surface area contributed by atoms with Gasteiger partial charge in [-0.3, -0.25) is 0 Å². The van der Waals surface area contributed by atoms with Crippen LogP contribution in [0.4, 0.5) is 0 Å². The summed E-state index contributed by atoms with van der Waals surface area (Å²) in [4.78, 5) is 11.1. The third-order valence-corrected chi connectivity index (χ3v) is 3.27. The molecule has 0 atom stereocenters. The third-order valence-electron chi connectivity index (χ3n) is 3.27. The van der Waals surface area contributed by atoms with E-state index in [0.29, 0.717) is 6.61 Å². The number of allylic oxidation sites excluding steroid dienone is 7. The Bertz CT molecular complexity index is 433. The Morgan fingerprint density at radius 1 is 0.909 bits per heavy atom. The molecule has 0 heterocycles. The molecule has 0 saturated heterocycles. The number of carbonyl (C=O) groups is 1. The first-order chi connectivity index (χ1) is 10.5. The summed E-state index contributed by atoms with van der Waals surface area (Å²) in [7, 11) is 0. The van der Waals surface area contributed by atoms with Crippen LogP contribution in [0.2, 0.25) is 0 Å². The van der Waals surface area contributed by atoms with E-state index >= 15 is 0 Å². The molecule has 22 heavy (non-hydrogen) atoms. The van der Waals surface area contributed by atoms with E-state index in [-0.39, 0.29) is 5.97 Å². The number of ether oxygens (including phenoxy) is 1. The Labute approximate surface area is 136 Å². The fourth-order valence-corrected chi connectivity index (χ4v) is 1.96. The molecule has 0 unspecified atom stereocenters. The fourth-order valence-electron chi connectivity index (χ4n) is 1.96. The van der Waals surface area contributed by atoms with Gasteiger partial charge in [0.2, 0.25) is 0 Å². The lowest BCUT2D eigenvalue weighted by Crippen LogP contribution is -1.98. The summed E-state index contributed by atoms with van der Waals surface area (Å²) in [6, 6.07) is 0. The van der Waals surface area contributed by atoms with Gasteiger partial charge in [-0.15, -0.1) is 0 Å². The zero-order valence-corrected chi connectivity index (χ0v) is 14.9. The van der Waals surface area contributed by atoms with Gasteiger partial charge in [-0.25, -0.2) is 4.79 Å². The fraction of sp³-hybridized carbons (Fsp3) is 0.550. The molecule has 0 aromatic heterocycles. The van der Waals surface area contributed by atoms with E-state index in [1.165, 1.54) is 22.8 Å². The van der Waals surface area contributed by atoms with Crippen LogP contribution in [0, 0.1) is 0 Å². The van der Waals surface area contributed by atoms with Gasteiger partial charge in [0.05, 0.1) is 6.61 Å². The average Bonchev–Trinajstić information content (AvgIpc) is 2.43. The lowest BCUT2D eigenvalue weighted by atomic mass is 10.1. The topological polar surface area (TPSA) is 26.3 Å². The van der Waals surface area contributed by atoms with Crippen molar-refractivity contribution in [3.8, 4) is 0 Å². The molecule has 0 fully saturated rings. The monoisotopic (exact) mass is 304 g/mol. The van der Waals surface area contributed by atoms with E-state index in [4.69, 9.17) is 4.74 Å². The molecule has 0 N–H and O–H groups in total. The first-order valence-corrected chi connectivity index (χ1v) is 8.23. The van der Waals surface area contributed by atoms with Gasteiger partial charge in [-0.2, -0.15) is 0 Å².